The number of anilines is 1. The summed E-state index contributed by atoms with van der Waals surface area (Å²) in [6.07, 6.45) is 2.05. The van der Waals surface area contributed by atoms with E-state index in [1.54, 1.807) is 18.7 Å². The van der Waals surface area contributed by atoms with E-state index in [2.05, 4.69) is 5.32 Å². The minimum absolute atomic E-state index is 0. The quantitative estimate of drug-likeness (QED) is 0.493. The summed E-state index contributed by atoms with van der Waals surface area (Å²) in [5, 5.41) is 2.73. The highest BCUT2D eigenvalue weighted by Gasteiger charge is 2.48. The first kappa shape index (κ1) is 30.8. The van der Waals surface area contributed by atoms with Gasteiger partial charge in [0.05, 0.1) is 30.7 Å². The van der Waals surface area contributed by atoms with Crippen molar-refractivity contribution in [3.63, 3.8) is 0 Å². The molecule has 0 saturated carbocycles. The molecule has 39 heavy (non-hydrogen) atoms. The number of piperidine rings is 1. The Kier molecular flexibility index (Phi) is 9.31. The van der Waals surface area contributed by atoms with Gasteiger partial charge >= 0.3 is 0 Å². The molecule has 3 N–H and O–H groups in total. The van der Waals surface area contributed by atoms with E-state index in [4.69, 9.17) is 10.5 Å². The lowest BCUT2D eigenvalue weighted by Gasteiger charge is -2.41. The first-order valence-electron chi connectivity index (χ1n) is 12.6. The van der Waals surface area contributed by atoms with Gasteiger partial charge in [0.1, 0.15) is 11.9 Å². The van der Waals surface area contributed by atoms with Crippen LogP contribution in [0.2, 0.25) is 0 Å². The molecule has 0 aliphatic carbocycles. The van der Waals surface area contributed by atoms with Crippen LogP contribution in [0, 0.1) is 5.82 Å². The maximum Gasteiger partial charge on any atom is 0.247 e. The van der Waals surface area contributed by atoms with Crippen molar-refractivity contribution in [1.82, 2.24) is 10.2 Å². The molecule has 2 aliphatic rings. The van der Waals surface area contributed by atoms with Gasteiger partial charge in [0, 0.05) is 25.0 Å². The van der Waals surface area contributed by atoms with Crippen LogP contribution in [-0.4, -0.2) is 69.2 Å². The fourth-order valence-electron chi connectivity index (χ4n) is 5.08. The summed E-state index contributed by atoms with van der Waals surface area (Å²) < 4.78 is 46.2. The van der Waals surface area contributed by atoms with Crippen LogP contribution in [0.5, 0.6) is 0 Å². The number of rotatable bonds is 8. The van der Waals surface area contributed by atoms with Crippen molar-refractivity contribution in [1.29, 1.82) is 0 Å². The summed E-state index contributed by atoms with van der Waals surface area (Å²) >= 11 is 0. The first-order valence-corrected chi connectivity index (χ1v) is 14.4. The Hall–Kier alpha value is -2.73. The van der Waals surface area contributed by atoms with Gasteiger partial charge in [0.2, 0.25) is 21.8 Å². The summed E-state index contributed by atoms with van der Waals surface area (Å²) in [4.78, 5) is 27.8. The van der Waals surface area contributed by atoms with Crippen LogP contribution in [0.4, 0.5) is 10.1 Å². The predicted octanol–water partition coefficient (Wildman–Crippen LogP) is 2.33. The molecule has 214 valence electrons. The average Bonchev–Trinajstić information content (AvgIpc) is 3.17. The number of likely N-dealkylation sites (tertiary alicyclic amines) is 1. The van der Waals surface area contributed by atoms with E-state index in [9.17, 15) is 22.4 Å². The average molecular weight is 583 g/mol. The Labute approximate surface area is 235 Å². The Balaban J connectivity index is 0.00000420. The molecule has 2 aromatic rings. The van der Waals surface area contributed by atoms with Crippen LogP contribution in [0.25, 0.3) is 0 Å². The Morgan fingerprint density at radius 2 is 1.79 bits per heavy atom. The summed E-state index contributed by atoms with van der Waals surface area (Å²) in [5.74, 6) is -1.21. The van der Waals surface area contributed by atoms with Gasteiger partial charge < -0.3 is 20.7 Å². The normalized spacial score (nSPS) is 17.4. The van der Waals surface area contributed by atoms with E-state index in [1.807, 2.05) is 30.3 Å². The van der Waals surface area contributed by atoms with Gasteiger partial charge in [-0.1, -0.05) is 30.3 Å². The lowest BCUT2D eigenvalue weighted by molar-refractivity contribution is -0.140. The molecule has 0 aromatic heterocycles. The molecule has 12 heteroatoms. The maximum atomic E-state index is 14.2. The van der Waals surface area contributed by atoms with Crippen LogP contribution in [0.3, 0.4) is 0 Å². The van der Waals surface area contributed by atoms with Gasteiger partial charge in [-0.05, 0) is 56.0 Å². The summed E-state index contributed by atoms with van der Waals surface area (Å²) in [5.41, 5.74) is 6.24. The van der Waals surface area contributed by atoms with E-state index < -0.39 is 38.7 Å². The molecule has 4 rings (SSSR count). The van der Waals surface area contributed by atoms with Gasteiger partial charge in [0.15, 0.2) is 0 Å². The fourth-order valence-corrected chi connectivity index (χ4v) is 6.08. The number of ether oxygens (including phenoxy) is 1. The molecule has 9 nitrogen and oxygen atoms in total. The van der Waals surface area contributed by atoms with Crippen LogP contribution in [0.1, 0.15) is 37.8 Å². The van der Waals surface area contributed by atoms with E-state index in [0.717, 1.165) is 11.8 Å². The monoisotopic (exact) mass is 582 g/mol. The number of fused-ring (bicyclic) bond motifs is 2. The number of nitrogens with two attached hydrogens (primary N) is 1. The van der Waals surface area contributed by atoms with Gasteiger partial charge in [-0.25, -0.2) is 12.8 Å². The van der Waals surface area contributed by atoms with Crippen LogP contribution in [-0.2, 0) is 36.4 Å². The van der Waals surface area contributed by atoms with E-state index in [1.165, 1.54) is 22.5 Å². The number of carbonyl (C=O) groups excluding carboxylic acids is 2. The lowest BCUT2D eigenvalue weighted by atomic mass is 9.74. The molecule has 2 heterocycles. The zero-order chi connectivity index (χ0) is 27.7. The molecule has 0 radical (unpaired) electrons. The van der Waals surface area contributed by atoms with Gasteiger partial charge in [-0.15, -0.1) is 12.4 Å². The van der Waals surface area contributed by atoms with Crippen LogP contribution < -0.4 is 15.4 Å². The second kappa shape index (κ2) is 11.8. The highest BCUT2D eigenvalue weighted by atomic mass is 35.5. The van der Waals surface area contributed by atoms with Crippen molar-refractivity contribution in [2.75, 3.05) is 36.8 Å². The largest absolute Gasteiger partial charge is 0.374 e. The van der Waals surface area contributed by atoms with Crippen LogP contribution in [0.15, 0.2) is 48.5 Å². The highest BCUT2D eigenvalue weighted by molar-refractivity contribution is 7.92. The first-order chi connectivity index (χ1) is 17.8. The third-order valence-corrected chi connectivity index (χ3v) is 8.39. The van der Waals surface area contributed by atoms with Gasteiger partial charge in [-0.2, -0.15) is 0 Å². The number of halogens is 2. The maximum absolute atomic E-state index is 14.2. The molecule has 0 unspecified atom stereocenters. The van der Waals surface area contributed by atoms with E-state index in [0.29, 0.717) is 37.2 Å². The SMILES string of the molecule is CC(C)(N)C(=O)N[C@H](COCc1ccccc1)C(=O)N1CCC2(CC1)CN(S(C)(=O)=O)c1ccc(F)cc12.Cl. The van der Waals surface area contributed by atoms with Gasteiger partial charge in [0.25, 0.3) is 0 Å². The summed E-state index contributed by atoms with van der Waals surface area (Å²) in [7, 11) is -3.55. The molecule has 1 atom stereocenters. The topological polar surface area (TPSA) is 122 Å². The molecule has 1 fully saturated rings. The third-order valence-electron chi connectivity index (χ3n) is 7.26. The Morgan fingerprint density at radius 3 is 2.38 bits per heavy atom. The van der Waals surface area contributed by atoms with Crippen molar-refractivity contribution in [3.05, 3.63) is 65.5 Å². The molecule has 0 bridgehead atoms. The van der Waals surface area contributed by atoms with E-state index in [-0.39, 0.29) is 38.1 Å². The minimum Gasteiger partial charge on any atom is -0.374 e. The molecule has 1 spiro atoms. The summed E-state index contributed by atoms with van der Waals surface area (Å²) in [6, 6.07) is 12.7. The molecule has 1 saturated heterocycles. The van der Waals surface area contributed by atoms with Crippen molar-refractivity contribution in [2.45, 2.75) is 50.3 Å². The highest BCUT2D eigenvalue weighted by Crippen LogP contribution is 2.48. The number of amides is 2. The molecular weight excluding hydrogens is 547 g/mol. The number of hydrogen-bond acceptors (Lipinski definition) is 6. The second-order valence-corrected chi connectivity index (χ2v) is 12.7. The number of hydrogen-bond donors (Lipinski definition) is 2. The third kappa shape index (κ3) is 6.89. The number of benzene rings is 2. The Bertz CT molecular complexity index is 1300. The zero-order valence-electron chi connectivity index (χ0n) is 22.4. The summed E-state index contributed by atoms with van der Waals surface area (Å²) in [6.45, 7) is 4.21. The van der Waals surface area contributed by atoms with Gasteiger partial charge in [-0.3, -0.25) is 13.9 Å². The number of sulfonamides is 1. The van der Waals surface area contributed by atoms with Crippen molar-refractivity contribution in [3.8, 4) is 0 Å². The standard InChI is InChI=1S/C27H35FN4O5S.ClH/c1-26(2,29)25(34)30-22(17-37-16-19-7-5-4-6-8-19)24(33)31-13-11-27(12-14-31)18-32(38(3,35)36)23-10-9-20(28)15-21(23)27;/h4-10,15,22H,11-14,16-18,29H2,1-3H3,(H,30,34);1H/t22-;/m1./s1. The fraction of sp³-hybridized carbons (Fsp3) is 0.481. The van der Waals surface area contributed by atoms with Crippen molar-refractivity contribution < 1.29 is 27.1 Å². The number of nitrogens with one attached hydrogen (secondary N) is 1. The number of nitrogens with zero attached hydrogens (tertiary/aromatic N) is 2. The zero-order valence-corrected chi connectivity index (χ0v) is 24.0. The molecular formula is C27H36ClFN4O5S. The smallest absolute Gasteiger partial charge is 0.247 e. The molecule has 2 amide bonds. The van der Waals surface area contributed by atoms with Crippen LogP contribution >= 0.6 is 12.4 Å². The van der Waals surface area contributed by atoms with E-state index >= 15 is 0 Å². The molecule has 2 aromatic carbocycles. The predicted molar refractivity (Wildman–Crippen MR) is 150 cm³/mol. The number of carbonyl (C=O) groups is 2. The lowest BCUT2D eigenvalue weighted by Crippen LogP contribution is -2.59. The van der Waals surface area contributed by atoms with Crippen molar-refractivity contribution >= 4 is 39.9 Å². The van der Waals surface area contributed by atoms with Crippen molar-refractivity contribution in [2.24, 2.45) is 5.73 Å². The molecule has 2 aliphatic heterocycles. The Morgan fingerprint density at radius 1 is 1.15 bits per heavy atom. The second-order valence-electron chi connectivity index (χ2n) is 10.8. The minimum atomic E-state index is -3.55.